The summed E-state index contributed by atoms with van der Waals surface area (Å²) in [5.74, 6) is 0.904. The summed E-state index contributed by atoms with van der Waals surface area (Å²) in [5, 5.41) is 4.51. The van der Waals surface area contributed by atoms with E-state index in [0.717, 1.165) is 55.8 Å². The number of pyridine rings is 1. The molecule has 1 fully saturated rings. The first kappa shape index (κ1) is 22.4. The first-order valence-electron chi connectivity index (χ1n) is 9.35. The highest BCUT2D eigenvalue weighted by Gasteiger charge is 2.09. The third-order valence-electron chi connectivity index (χ3n) is 4.87. The van der Waals surface area contributed by atoms with Crippen molar-refractivity contribution in [2.45, 2.75) is 13.0 Å². The summed E-state index contributed by atoms with van der Waals surface area (Å²) in [5.41, 5.74) is 3.70. The molecule has 1 aliphatic rings. The molecule has 2 aromatic carbocycles. The van der Waals surface area contributed by atoms with Crippen LogP contribution in [0.1, 0.15) is 11.1 Å². The van der Waals surface area contributed by atoms with Crippen molar-refractivity contribution >= 4 is 35.7 Å². The molecule has 0 radical (unpaired) electrons. The highest BCUT2D eigenvalue weighted by atomic mass is 35.5. The van der Waals surface area contributed by atoms with Crippen molar-refractivity contribution in [3.05, 3.63) is 71.9 Å². The van der Waals surface area contributed by atoms with Crippen LogP contribution in [0.15, 0.2) is 60.8 Å². The van der Waals surface area contributed by atoms with Crippen molar-refractivity contribution in [3.8, 4) is 5.75 Å². The maximum absolute atomic E-state index is 5.93. The summed E-state index contributed by atoms with van der Waals surface area (Å²) in [6, 6.07) is 19.0. The number of halogens is 2. The zero-order valence-corrected chi connectivity index (χ0v) is 17.5. The second-order valence-corrected chi connectivity index (χ2v) is 6.80. The van der Waals surface area contributed by atoms with Crippen LogP contribution < -0.4 is 10.1 Å². The van der Waals surface area contributed by atoms with Crippen molar-refractivity contribution in [3.63, 3.8) is 0 Å². The Bertz CT molecular complexity index is 852. The monoisotopic (exact) mass is 419 g/mol. The number of hydrogen-bond donors (Lipinski definition) is 1. The Morgan fingerprint density at radius 3 is 2.46 bits per heavy atom. The molecule has 1 N–H and O–H groups in total. The van der Waals surface area contributed by atoms with Gasteiger partial charge in [0.15, 0.2) is 0 Å². The third kappa shape index (κ3) is 6.08. The molecule has 0 spiro atoms. The molecule has 3 aromatic rings. The molecule has 2 heterocycles. The molecule has 6 heteroatoms. The molecule has 0 bridgehead atoms. The largest absolute Gasteiger partial charge is 0.493 e. The highest BCUT2D eigenvalue weighted by Crippen LogP contribution is 2.19. The highest BCUT2D eigenvalue weighted by molar-refractivity contribution is 5.85. The van der Waals surface area contributed by atoms with Crippen LogP contribution in [0.5, 0.6) is 5.75 Å². The van der Waals surface area contributed by atoms with Crippen LogP contribution in [0.3, 0.4) is 0 Å². The predicted molar refractivity (Wildman–Crippen MR) is 120 cm³/mol. The van der Waals surface area contributed by atoms with E-state index in [1.807, 2.05) is 24.4 Å². The maximum Gasteiger partial charge on any atom is 0.120 e. The van der Waals surface area contributed by atoms with Crippen molar-refractivity contribution in [1.82, 2.24) is 15.2 Å². The van der Waals surface area contributed by atoms with Gasteiger partial charge in [-0.3, -0.25) is 9.88 Å². The van der Waals surface area contributed by atoms with Crippen LogP contribution in [0.2, 0.25) is 0 Å². The number of ether oxygens (including phenoxy) is 1. The molecule has 0 saturated carbocycles. The summed E-state index contributed by atoms with van der Waals surface area (Å²) in [6.45, 7) is 6.20. The van der Waals surface area contributed by atoms with Gasteiger partial charge in [0, 0.05) is 50.7 Å². The van der Waals surface area contributed by atoms with Gasteiger partial charge in [0.2, 0.25) is 0 Å². The number of nitrogens with one attached hydrogen (secondary N) is 1. The first-order chi connectivity index (χ1) is 12.9. The lowest BCUT2D eigenvalue weighted by atomic mass is 10.1. The van der Waals surface area contributed by atoms with Crippen LogP contribution in [-0.2, 0) is 13.0 Å². The van der Waals surface area contributed by atoms with Gasteiger partial charge in [-0.15, -0.1) is 24.8 Å². The Morgan fingerprint density at radius 1 is 0.929 bits per heavy atom. The van der Waals surface area contributed by atoms with Crippen molar-refractivity contribution < 1.29 is 4.74 Å². The van der Waals surface area contributed by atoms with Gasteiger partial charge in [0.05, 0.1) is 12.1 Å². The molecule has 0 aliphatic carbocycles. The van der Waals surface area contributed by atoms with Gasteiger partial charge in [-0.25, -0.2) is 0 Å². The van der Waals surface area contributed by atoms with E-state index in [1.165, 1.54) is 11.1 Å². The van der Waals surface area contributed by atoms with Gasteiger partial charge in [0.1, 0.15) is 5.75 Å². The minimum atomic E-state index is 0. The Labute approximate surface area is 179 Å². The fourth-order valence-corrected chi connectivity index (χ4v) is 3.37. The minimum Gasteiger partial charge on any atom is -0.493 e. The number of rotatable bonds is 6. The zero-order chi connectivity index (χ0) is 17.6. The van der Waals surface area contributed by atoms with E-state index in [-0.39, 0.29) is 24.8 Å². The summed E-state index contributed by atoms with van der Waals surface area (Å²) in [7, 11) is 0. The van der Waals surface area contributed by atoms with Crippen LogP contribution in [-0.4, -0.2) is 42.7 Å². The van der Waals surface area contributed by atoms with E-state index >= 15 is 0 Å². The van der Waals surface area contributed by atoms with Crippen LogP contribution in [0.4, 0.5) is 0 Å². The van der Waals surface area contributed by atoms with E-state index in [0.29, 0.717) is 6.61 Å². The van der Waals surface area contributed by atoms with Gasteiger partial charge in [-0.2, -0.15) is 0 Å². The molecular formula is C22H27Cl2N3O. The molecule has 4 nitrogen and oxygen atoms in total. The molecule has 1 saturated heterocycles. The molecule has 0 amide bonds. The maximum atomic E-state index is 5.93. The van der Waals surface area contributed by atoms with Crippen molar-refractivity contribution in [1.29, 1.82) is 0 Å². The molecule has 1 aliphatic heterocycles. The van der Waals surface area contributed by atoms with Crippen molar-refractivity contribution in [2.75, 3.05) is 32.8 Å². The molecule has 0 unspecified atom stereocenters. The number of benzene rings is 2. The molecule has 28 heavy (non-hydrogen) atoms. The fraction of sp³-hybridized carbons (Fsp3) is 0.318. The number of aromatic nitrogens is 1. The summed E-state index contributed by atoms with van der Waals surface area (Å²) >= 11 is 0. The number of fused-ring (bicyclic) bond motifs is 1. The van der Waals surface area contributed by atoms with Gasteiger partial charge in [-0.05, 0) is 35.4 Å². The molecule has 0 atom stereocenters. The summed E-state index contributed by atoms with van der Waals surface area (Å²) in [6.07, 6.45) is 2.73. The Kier molecular flexibility index (Phi) is 9.00. The molecule has 4 rings (SSSR count). The second kappa shape index (κ2) is 11.2. The van der Waals surface area contributed by atoms with Gasteiger partial charge in [0.25, 0.3) is 0 Å². The average Bonchev–Trinajstić information content (AvgIpc) is 2.70. The van der Waals surface area contributed by atoms with Crippen LogP contribution in [0.25, 0.3) is 10.9 Å². The zero-order valence-electron chi connectivity index (χ0n) is 15.8. The first-order valence-corrected chi connectivity index (χ1v) is 9.35. The Morgan fingerprint density at radius 2 is 1.68 bits per heavy atom. The normalized spacial score (nSPS) is 14.1. The average molecular weight is 420 g/mol. The number of hydrogen-bond acceptors (Lipinski definition) is 4. The lowest BCUT2D eigenvalue weighted by molar-refractivity contribution is 0.233. The van der Waals surface area contributed by atoms with Gasteiger partial charge < -0.3 is 10.1 Å². The lowest BCUT2D eigenvalue weighted by Gasteiger charge is -2.27. The number of nitrogens with zero attached hydrogens (tertiary/aromatic N) is 2. The molecular weight excluding hydrogens is 393 g/mol. The number of piperazine rings is 1. The smallest absolute Gasteiger partial charge is 0.120 e. The SMILES string of the molecule is Cl.Cl.c1cnc2ccc(OCCc3ccc(CN4CCNCC4)cc3)cc2c1. The summed E-state index contributed by atoms with van der Waals surface area (Å²) in [4.78, 5) is 6.84. The fourth-order valence-electron chi connectivity index (χ4n) is 3.37. The minimum absolute atomic E-state index is 0. The quantitative estimate of drug-likeness (QED) is 0.652. The molecule has 1 aromatic heterocycles. The van der Waals surface area contributed by atoms with Gasteiger partial charge >= 0.3 is 0 Å². The predicted octanol–water partition coefficient (Wildman–Crippen LogP) is 4.11. The molecule has 150 valence electrons. The topological polar surface area (TPSA) is 37.4 Å². The van der Waals surface area contributed by atoms with Crippen molar-refractivity contribution in [2.24, 2.45) is 0 Å². The Hall–Kier alpha value is -1.85. The van der Waals surface area contributed by atoms with E-state index in [4.69, 9.17) is 4.74 Å². The third-order valence-corrected chi connectivity index (χ3v) is 4.87. The van der Waals surface area contributed by atoms with E-state index < -0.39 is 0 Å². The lowest BCUT2D eigenvalue weighted by Crippen LogP contribution is -2.42. The Balaban J connectivity index is 0.00000140. The van der Waals surface area contributed by atoms with Gasteiger partial charge in [-0.1, -0.05) is 30.3 Å². The van der Waals surface area contributed by atoms with Crippen LogP contribution in [0, 0.1) is 0 Å². The van der Waals surface area contributed by atoms with Crippen LogP contribution >= 0.6 is 24.8 Å². The summed E-state index contributed by atoms with van der Waals surface area (Å²) < 4.78 is 5.93. The standard InChI is InChI=1S/C22H25N3O.2ClH/c1-2-20-16-21(7-8-22(20)24-10-1)26-15-9-18-3-5-19(6-4-18)17-25-13-11-23-12-14-25;;/h1-8,10,16,23H,9,11-15,17H2;2*1H. The van der Waals surface area contributed by atoms with E-state index in [9.17, 15) is 0 Å². The van der Waals surface area contributed by atoms with E-state index in [2.05, 4.69) is 51.6 Å². The van der Waals surface area contributed by atoms with E-state index in [1.54, 1.807) is 0 Å². The second-order valence-electron chi connectivity index (χ2n) is 6.80.